The van der Waals surface area contributed by atoms with Crippen molar-refractivity contribution in [2.24, 2.45) is 23.5 Å². The summed E-state index contributed by atoms with van der Waals surface area (Å²) in [5.74, 6) is 1.76. The highest BCUT2D eigenvalue weighted by Crippen LogP contribution is 2.45. The summed E-state index contributed by atoms with van der Waals surface area (Å²) in [7, 11) is 0. The van der Waals surface area contributed by atoms with Crippen molar-refractivity contribution in [3.63, 3.8) is 0 Å². The van der Waals surface area contributed by atoms with E-state index >= 15 is 0 Å². The van der Waals surface area contributed by atoms with Crippen LogP contribution >= 0.6 is 0 Å². The molecule has 0 radical (unpaired) electrons. The number of anilines is 2. The molecule has 4 unspecified atom stereocenters. The van der Waals surface area contributed by atoms with Gasteiger partial charge in [-0.2, -0.15) is 0 Å². The minimum absolute atomic E-state index is 0.00819. The number of ether oxygens (including phenoxy) is 1. The van der Waals surface area contributed by atoms with E-state index in [9.17, 15) is 4.79 Å². The average molecular weight is 444 g/mol. The fourth-order valence-electron chi connectivity index (χ4n) is 5.77. The van der Waals surface area contributed by atoms with Gasteiger partial charge in [-0.05, 0) is 36.0 Å². The molecule has 7 heteroatoms. The highest BCUT2D eigenvalue weighted by atomic mass is 16.5. The molecule has 1 amide bonds. The van der Waals surface area contributed by atoms with E-state index in [1.54, 1.807) is 0 Å². The Labute approximate surface area is 193 Å². The maximum absolute atomic E-state index is 12.2. The largest absolute Gasteiger partial charge is 0.378 e. The first kappa shape index (κ1) is 20.4. The Kier molecular flexibility index (Phi) is 5.14. The molecule has 0 spiro atoms. The third kappa shape index (κ3) is 3.80. The molecule has 1 aromatic carbocycles. The fraction of sp³-hybridized carbons (Fsp3) is 0.423. The predicted molar refractivity (Wildman–Crippen MR) is 128 cm³/mol. The molecule has 4 atom stereocenters. The number of hydrogen-bond acceptors (Lipinski definition) is 6. The fourth-order valence-corrected chi connectivity index (χ4v) is 5.77. The number of nitrogens with one attached hydrogen (secondary N) is 1. The van der Waals surface area contributed by atoms with Gasteiger partial charge in [0, 0.05) is 43.2 Å². The summed E-state index contributed by atoms with van der Waals surface area (Å²) in [6.07, 6.45) is 11.0. The van der Waals surface area contributed by atoms with Gasteiger partial charge in [0.05, 0.1) is 24.8 Å². The van der Waals surface area contributed by atoms with Gasteiger partial charge in [0.15, 0.2) is 0 Å². The summed E-state index contributed by atoms with van der Waals surface area (Å²) in [5, 5.41) is 3.61. The third-order valence-corrected chi connectivity index (χ3v) is 7.43. The van der Waals surface area contributed by atoms with Gasteiger partial charge in [-0.1, -0.05) is 36.4 Å². The SMILES string of the molecule is NC(=O)C1C2C=CC(C2)C1Nc1nc(Cc2ccc(N3CCOCC3)cc2)nc2c1C=CC2. The van der Waals surface area contributed by atoms with Crippen molar-refractivity contribution in [3.05, 3.63) is 65.1 Å². The zero-order chi connectivity index (χ0) is 22.4. The number of nitrogens with two attached hydrogens (primary N) is 1. The number of allylic oxidation sites excluding steroid dienone is 2. The van der Waals surface area contributed by atoms with Crippen molar-refractivity contribution >= 4 is 23.5 Å². The molecule has 7 nitrogen and oxygen atoms in total. The van der Waals surface area contributed by atoms with Crippen LogP contribution in [-0.4, -0.2) is 48.2 Å². The Morgan fingerprint density at radius 2 is 1.91 bits per heavy atom. The number of benzene rings is 1. The van der Waals surface area contributed by atoms with E-state index in [0.29, 0.717) is 12.3 Å². The van der Waals surface area contributed by atoms with E-state index in [1.807, 2.05) is 0 Å². The van der Waals surface area contributed by atoms with Crippen LogP contribution in [0.25, 0.3) is 6.08 Å². The normalized spacial score (nSPS) is 27.2. The van der Waals surface area contributed by atoms with Crippen molar-refractivity contribution in [2.75, 3.05) is 36.5 Å². The summed E-state index contributed by atoms with van der Waals surface area (Å²) in [6.45, 7) is 3.42. The second kappa shape index (κ2) is 8.30. The molecular weight excluding hydrogens is 414 g/mol. The van der Waals surface area contributed by atoms with Gasteiger partial charge in [-0.3, -0.25) is 4.79 Å². The molecule has 170 valence electrons. The van der Waals surface area contributed by atoms with E-state index in [-0.39, 0.29) is 23.8 Å². The number of primary amides is 1. The molecule has 1 saturated carbocycles. The lowest BCUT2D eigenvalue weighted by molar-refractivity contribution is -0.122. The lowest BCUT2D eigenvalue weighted by Gasteiger charge is -2.29. The van der Waals surface area contributed by atoms with E-state index in [0.717, 1.165) is 62.0 Å². The van der Waals surface area contributed by atoms with Crippen molar-refractivity contribution < 1.29 is 9.53 Å². The Bertz CT molecular complexity index is 1120. The van der Waals surface area contributed by atoms with Crippen LogP contribution in [0.1, 0.15) is 29.1 Å². The van der Waals surface area contributed by atoms with Gasteiger partial charge in [-0.15, -0.1) is 0 Å². The summed E-state index contributed by atoms with van der Waals surface area (Å²) >= 11 is 0. The number of aromatic nitrogens is 2. The Hall–Kier alpha value is -3.19. The van der Waals surface area contributed by atoms with Crippen LogP contribution in [0.2, 0.25) is 0 Å². The minimum atomic E-state index is -0.230. The van der Waals surface area contributed by atoms with Crippen molar-refractivity contribution in [3.8, 4) is 0 Å². The number of rotatable bonds is 6. The summed E-state index contributed by atoms with van der Waals surface area (Å²) in [4.78, 5) is 24.3. The van der Waals surface area contributed by atoms with E-state index in [4.69, 9.17) is 20.4 Å². The first-order valence-electron chi connectivity index (χ1n) is 11.9. The standard InChI is InChI=1S/C26H29N5O2/c27-25(32)23-17-6-7-18(15-17)24(23)30-26-20-2-1-3-21(20)28-22(29-26)14-16-4-8-19(9-5-16)31-10-12-33-13-11-31/h1-2,4-9,17-18,23-24H,3,10-15H2,(H2,27,32)(H,28,29,30). The molecule has 1 aromatic heterocycles. The molecule has 3 N–H and O–H groups in total. The summed E-state index contributed by atoms with van der Waals surface area (Å²) in [6, 6.07) is 8.67. The van der Waals surface area contributed by atoms with Crippen LogP contribution in [0.5, 0.6) is 0 Å². The Morgan fingerprint density at radius 3 is 2.70 bits per heavy atom. The number of carbonyl (C=O) groups is 1. The molecule has 2 aromatic rings. The number of fused-ring (bicyclic) bond motifs is 3. The van der Waals surface area contributed by atoms with Crippen LogP contribution in [-0.2, 0) is 22.4 Å². The number of morpholine rings is 1. The Balaban J connectivity index is 1.23. The molecule has 3 aliphatic carbocycles. The molecule has 2 bridgehead atoms. The molecule has 1 saturated heterocycles. The van der Waals surface area contributed by atoms with Crippen LogP contribution in [0.15, 0.2) is 42.5 Å². The topological polar surface area (TPSA) is 93.4 Å². The van der Waals surface area contributed by atoms with E-state index < -0.39 is 0 Å². The number of carbonyl (C=O) groups excluding carboxylic acids is 1. The van der Waals surface area contributed by atoms with Crippen molar-refractivity contribution in [1.29, 1.82) is 0 Å². The van der Waals surface area contributed by atoms with Crippen LogP contribution in [0.4, 0.5) is 11.5 Å². The van der Waals surface area contributed by atoms with E-state index in [1.165, 1.54) is 11.3 Å². The zero-order valence-electron chi connectivity index (χ0n) is 18.6. The second-order valence-corrected chi connectivity index (χ2v) is 9.44. The molecule has 4 aliphatic rings. The molecule has 2 heterocycles. The van der Waals surface area contributed by atoms with Crippen LogP contribution in [0.3, 0.4) is 0 Å². The first-order valence-corrected chi connectivity index (χ1v) is 11.9. The lowest BCUT2D eigenvalue weighted by atomic mass is 9.88. The molecule has 33 heavy (non-hydrogen) atoms. The quantitative estimate of drug-likeness (QED) is 0.667. The first-order chi connectivity index (χ1) is 16.2. The highest BCUT2D eigenvalue weighted by Gasteiger charge is 2.47. The minimum Gasteiger partial charge on any atom is -0.378 e. The molecule has 2 fully saturated rings. The van der Waals surface area contributed by atoms with Crippen LogP contribution < -0.4 is 16.0 Å². The second-order valence-electron chi connectivity index (χ2n) is 9.44. The van der Waals surface area contributed by atoms with Crippen molar-refractivity contribution in [2.45, 2.75) is 25.3 Å². The van der Waals surface area contributed by atoms with Gasteiger partial charge in [0.1, 0.15) is 11.6 Å². The van der Waals surface area contributed by atoms with Gasteiger partial charge < -0.3 is 20.7 Å². The van der Waals surface area contributed by atoms with Gasteiger partial charge >= 0.3 is 0 Å². The predicted octanol–water partition coefficient (Wildman–Crippen LogP) is 2.56. The van der Waals surface area contributed by atoms with E-state index in [2.05, 4.69) is 58.8 Å². The Morgan fingerprint density at radius 1 is 1.12 bits per heavy atom. The maximum atomic E-state index is 12.2. The highest BCUT2D eigenvalue weighted by molar-refractivity contribution is 5.80. The van der Waals surface area contributed by atoms with Crippen molar-refractivity contribution in [1.82, 2.24) is 9.97 Å². The summed E-state index contributed by atoms with van der Waals surface area (Å²) in [5.41, 5.74) is 10.3. The summed E-state index contributed by atoms with van der Waals surface area (Å²) < 4.78 is 5.46. The third-order valence-electron chi connectivity index (χ3n) is 7.43. The number of hydrogen-bond donors (Lipinski definition) is 2. The number of amides is 1. The monoisotopic (exact) mass is 443 g/mol. The van der Waals surface area contributed by atoms with Gasteiger partial charge in [-0.25, -0.2) is 9.97 Å². The molecular formula is C26H29N5O2. The maximum Gasteiger partial charge on any atom is 0.223 e. The smallest absolute Gasteiger partial charge is 0.223 e. The number of nitrogens with zero attached hydrogens (tertiary/aromatic N) is 3. The molecule has 1 aliphatic heterocycles. The average Bonchev–Trinajstić information content (AvgIpc) is 3.56. The zero-order valence-corrected chi connectivity index (χ0v) is 18.6. The van der Waals surface area contributed by atoms with Gasteiger partial charge in [0.2, 0.25) is 5.91 Å². The van der Waals surface area contributed by atoms with Gasteiger partial charge in [0.25, 0.3) is 0 Å². The van der Waals surface area contributed by atoms with Crippen LogP contribution in [0, 0.1) is 17.8 Å². The lowest BCUT2D eigenvalue weighted by Crippen LogP contribution is -2.41. The molecule has 6 rings (SSSR count).